The second-order valence-corrected chi connectivity index (χ2v) is 9.19. The molecule has 1 aromatic carbocycles. The standard InChI is InChI=1S/C18H28NO5P/c1-4-9-19(24-25(3,21)22)10-5-6-14-11-15-13(12-16(14)19)7-8-17(23-2)18(15)20/h7-8,14,16H,4-6,9-12H2,1-3H3,(H-,20,21,22)/p+1/t14-,16-,19+/m1/s1. The molecule has 1 unspecified atom stereocenters. The summed E-state index contributed by atoms with van der Waals surface area (Å²) in [6, 6.07) is 3.95. The Bertz CT molecular complexity index is 684. The minimum atomic E-state index is -3.60. The van der Waals surface area contributed by atoms with E-state index in [2.05, 4.69) is 6.92 Å². The van der Waals surface area contributed by atoms with Gasteiger partial charge in [0.1, 0.15) is 19.1 Å². The lowest BCUT2D eigenvalue weighted by atomic mass is 9.74. The van der Waals surface area contributed by atoms with Crippen LogP contribution in [0.1, 0.15) is 37.3 Å². The van der Waals surface area contributed by atoms with Gasteiger partial charge >= 0.3 is 7.60 Å². The predicted octanol–water partition coefficient (Wildman–Crippen LogP) is 3.25. The monoisotopic (exact) mass is 370 g/mol. The summed E-state index contributed by atoms with van der Waals surface area (Å²) in [4.78, 5) is 9.92. The molecule has 0 saturated carbocycles. The van der Waals surface area contributed by atoms with Crippen molar-refractivity contribution < 1.29 is 28.6 Å². The minimum Gasteiger partial charge on any atom is -0.504 e. The molecule has 25 heavy (non-hydrogen) atoms. The Hall–Kier alpha value is -1.07. The van der Waals surface area contributed by atoms with Crippen LogP contribution in [0.25, 0.3) is 0 Å². The normalized spacial score (nSPS) is 30.9. The molecule has 6 nitrogen and oxygen atoms in total. The van der Waals surface area contributed by atoms with Gasteiger partial charge in [0.05, 0.1) is 7.11 Å². The molecule has 4 atom stereocenters. The lowest BCUT2D eigenvalue weighted by Crippen LogP contribution is -2.62. The number of phenolic OH excluding ortho intramolecular Hbond substituents is 1. The zero-order valence-corrected chi connectivity index (χ0v) is 16.2. The molecular weight excluding hydrogens is 341 g/mol. The minimum absolute atomic E-state index is 0.148. The Balaban J connectivity index is 1.99. The van der Waals surface area contributed by atoms with Crippen molar-refractivity contribution in [3.63, 3.8) is 0 Å². The molecule has 1 fully saturated rings. The number of hydrogen-bond acceptors (Lipinski definition) is 4. The van der Waals surface area contributed by atoms with Crippen molar-refractivity contribution in [2.24, 2.45) is 5.92 Å². The molecule has 0 radical (unpaired) electrons. The number of quaternary nitrogens is 1. The van der Waals surface area contributed by atoms with E-state index >= 15 is 0 Å². The number of aromatic hydroxyl groups is 1. The molecule has 1 aliphatic carbocycles. The van der Waals surface area contributed by atoms with Gasteiger partial charge in [0.25, 0.3) is 0 Å². The van der Waals surface area contributed by atoms with Gasteiger partial charge in [-0.3, -0.25) is 4.57 Å². The van der Waals surface area contributed by atoms with Gasteiger partial charge in [0, 0.05) is 24.6 Å². The van der Waals surface area contributed by atoms with Crippen LogP contribution >= 0.6 is 7.60 Å². The second kappa shape index (κ2) is 6.92. The van der Waals surface area contributed by atoms with E-state index < -0.39 is 7.60 Å². The number of benzene rings is 1. The summed E-state index contributed by atoms with van der Waals surface area (Å²) in [7, 11) is -2.04. The molecule has 2 N–H and O–H groups in total. The van der Waals surface area contributed by atoms with Gasteiger partial charge in [-0.05, 0) is 37.3 Å². The van der Waals surface area contributed by atoms with Crippen LogP contribution in [0.3, 0.4) is 0 Å². The van der Waals surface area contributed by atoms with Crippen LogP contribution in [0.4, 0.5) is 0 Å². The van der Waals surface area contributed by atoms with Crippen LogP contribution in [0.5, 0.6) is 11.5 Å². The summed E-state index contributed by atoms with van der Waals surface area (Å²) in [5.74, 6) is 1.08. The quantitative estimate of drug-likeness (QED) is 0.615. The van der Waals surface area contributed by atoms with Gasteiger partial charge in [0.2, 0.25) is 0 Å². The van der Waals surface area contributed by atoms with E-state index in [1.165, 1.54) is 6.66 Å². The summed E-state index contributed by atoms with van der Waals surface area (Å²) in [5, 5.41) is 10.5. The first kappa shape index (κ1) is 18.7. The highest BCUT2D eigenvalue weighted by atomic mass is 31.2. The molecule has 0 aromatic heterocycles. The second-order valence-electron chi connectivity index (χ2n) is 7.42. The van der Waals surface area contributed by atoms with Crippen LogP contribution in [-0.2, 0) is 22.0 Å². The number of nitrogens with zero attached hydrogens (tertiary/aromatic N) is 1. The van der Waals surface area contributed by atoms with Crippen LogP contribution in [-0.4, -0.2) is 47.6 Å². The third-order valence-electron chi connectivity index (χ3n) is 5.63. The number of likely N-dealkylation sites (tertiary alicyclic amines) is 1. The number of hydrogen-bond donors (Lipinski definition) is 2. The molecule has 7 heteroatoms. The Morgan fingerprint density at radius 3 is 2.76 bits per heavy atom. The van der Waals surface area contributed by atoms with E-state index in [1.807, 2.05) is 6.07 Å². The molecule has 1 heterocycles. The number of piperidine rings is 1. The third kappa shape index (κ3) is 3.59. The first-order valence-corrected chi connectivity index (χ1v) is 11.1. The summed E-state index contributed by atoms with van der Waals surface area (Å²) in [6.07, 6.45) is 4.41. The first-order chi connectivity index (χ1) is 11.8. The highest BCUT2D eigenvalue weighted by molar-refractivity contribution is 7.51. The SMILES string of the molecule is CCC[N@+]1(OP(C)(=O)O)CCC[C@@H]2Cc3c(ccc(OC)c3O)C[C@H]21. The van der Waals surface area contributed by atoms with Crippen molar-refractivity contribution in [2.75, 3.05) is 26.9 Å². The molecule has 0 bridgehead atoms. The maximum Gasteiger partial charge on any atom is 0.376 e. The van der Waals surface area contributed by atoms with Crippen molar-refractivity contribution in [1.29, 1.82) is 0 Å². The van der Waals surface area contributed by atoms with Crippen LogP contribution in [0, 0.1) is 5.92 Å². The number of fused-ring (bicyclic) bond motifs is 2. The smallest absolute Gasteiger partial charge is 0.376 e. The van der Waals surface area contributed by atoms with Crippen LogP contribution < -0.4 is 4.74 Å². The average molecular weight is 370 g/mol. The zero-order valence-electron chi connectivity index (χ0n) is 15.3. The number of phenols is 1. The van der Waals surface area contributed by atoms with Crippen molar-refractivity contribution in [3.8, 4) is 11.5 Å². The van der Waals surface area contributed by atoms with Gasteiger partial charge in [-0.2, -0.15) is 4.65 Å². The largest absolute Gasteiger partial charge is 0.504 e. The Morgan fingerprint density at radius 2 is 2.12 bits per heavy atom. The summed E-state index contributed by atoms with van der Waals surface area (Å²) in [5.41, 5.74) is 2.05. The summed E-state index contributed by atoms with van der Waals surface area (Å²) < 4.78 is 23.4. The van der Waals surface area contributed by atoms with Gasteiger partial charge in [0.15, 0.2) is 11.5 Å². The molecule has 140 valence electrons. The Labute approximate surface area is 149 Å². The molecule has 0 amide bonds. The van der Waals surface area contributed by atoms with E-state index in [0.29, 0.717) is 11.7 Å². The van der Waals surface area contributed by atoms with Crippen LogP contribution in [0.15, 0.2) is 12.1 Å². The third-order valence-corrected chi connectivity index (χ3v) is 6.26. The lowest BCUT2D eigenvalue weighted by molar-refractivity contribution is -1.11. The molecule has 1 saturated heterocycles. The van der Waals surface area contributed by atoms with E-state index in [9.17, 15) is 14.6 Å². The van der Waals surface area contributed by atoms with Crippen LogP contribution in [0.2, 0.25) is 0 Å². The number of ether oxygens (including phenoxy) is 1. The number of methoxy groups -OCH3 is 1. The highest BCUT2D eigenvalue weighted by Crippen LogP contribution is 2.49. The van der Waals surface area contributed by atoms with Crippen molar-refractivity contribution in [2.45, 2.75) is 45.1 Å². The molecule has 2 aliphatic rings. The number of hydroxylamine groups is 3. The fourth-order valence-electron chi connectivity index (χ4n) is 4.76. The van der Waals surface area contributed by atoms with Gasteiger partial charge in [-0.15, -0.1) is 4.62 Å². The fourth-order valence-corrected chi connectivity index (χ4v) is 5.65. The van der Waals surface area contributed by atoms with Crippen molar-refractivity contribution in [3.05, 3.63) is 23.3 Å². The summed E-state index contributed by atoms with van der Waals surface area (Å²) >= 11 is 0. The van der Waals surface area contributed by atoms with E-state index in [-0.39, 0.29) is 16.4 Å². The highest BCUT2D eigenvalue weighted by Gasteiger charge is 2.51. The van der Waals surface area contributed by atoms with E-state index in [1.54, 1.807) is 13.2 Å². The topological polar surface area (TPSA) is 76.0 Å². The maximum absolute atomic E-state index is 12.1. The van der Waals surface area contributed by atoms with Crippen molar-refractivity contribution in [1.82, 2.24) is 0 Å². The Kier molecular flexibility index (Phi) is 5.18. The predicted molar refractivity (Wildman–Crippen MR) is 95.7 cm³/mol. The molecule has 3 rings (SSSR count). The van der Waals surface area contributed by atoms with E-state index in [0.717, 1.165) is 56.3 Å². The zero-order chi connectivity index (χ0) is 18.2. The summed E-state index contributed by atoms with van der Waals surface area (Å²) in [6.45, 7) is 4.86. The molecule has 1 aliphatic heterocycles. The fraction of sp³-hybridized carbons (Fsp3) is 0.667. The molecule has 0 spiro atoms. The van der Waals surface area contributed by atoms with Gasteiger partial charge in [-0.25, -0.2) is 0 Å². The first-order valence-electron chi connectivity index (χ1n) is 9.05. The van der Waals surface area contributed by atoms with Gasteiger partial charge in [-0.1, -0.05) is 13.0 Å². The lowest BCUT2D eigenvalue weighted by Gasteiger charge is -2.50. The Morgan fingerprint density at radius 1 is 1.36 bits per heavy atom. The number of rotatable bonds is 5. The molecule has 1 aromatic rings. The van der Waals surface area contributed by atoms with E-state index in [4.69, 9.17) is 9.36 Å². The molecular formula is C18H29NO5P+. The van der Waals surface area contributed by atoms with Gasteiger partial charge < -0.3 is 14.7 Å². The maximum atomic E-state index is 12.1. The average Bonchev–Trinajstić information content (AvgIpc) is 2.53. The van der Waals surface area contributed by atoms with Crippen molar-refractivity contribution >= 4 is 7.60 Å².